The van der Waals surface area contributed by atoms with Gasteiger partial charge in [-0.25, -0.2) is 0 Å². The predicted octanol–water partition coefficient (Wildman–Crippen LogP) is 19.3. The zero-order valence-corrected chi connectivity index (χ0v) is 53.2. The number of benzene rings is 1. The molecular formula is C61H114N8O3S. The average Bonchev–Trinajstić information content (AvgIpc) is 3.73. The van der Waals surface area contributed by atoms with Crippen molar-refractivity contribution in [3.8, 4) is 0 Å². The lowest BCUT2D eigenvalue weighted by molar-refractivity contribution is 0.362. The van der Waals surface area contributed by atoms with Crippen molar-refractivity contribution in [3.63, 3.8) is 0 Å². The molecule has 0 aliphatic heterocycles. The second-order valence-corrected chi connectivity index (χ2v) is 19.6. The summed E-state index contributed by atoms with van der Waals surface area (Å²) in [5, 5.41) is 11.4. The fraction of sp³-hybridized carbons (Fsp3) is 0.639. The molecule has 0 bridgehead atoms. The van der Waals surface area contributed by atoms with E-state index in [1.54, 1.807) is 38.6 Å². The molecule has 12 heteroatoms. The molecule has 5 heterocycles. The van der Waals surface area contributed by atoms with E-state index in [0.29, 0.717) is 35.4 Å². The maximum absolute atomic E-state index is 10.6. The second kappa shape index (κ2) is 59.7. The summed E-state index contributed by atoms with van der Waals surface area (Å²) < 4.78 is 15.0. The molecule has 1 fully saturated rings. The molecule has 0 amide bonds. The van der Waals surface area contributed by atoms with Crippen molar-refractivity contribution in [3.05, 3.63) is 136 Å². The SMILES string of the molecule is CC.CC.CC.CC.CC(C)C.CC(C)C.CC(C)C.CC(C)C1CC1.Cc1nc(C(C)C)no1.Cc1noc(C(C)C)n1.Cc1snnc1C(C)C.Cn1ccccc1=O.c1ccccc1.c1ccncc1. The Hall–Kier alpha value is -4.84. The topological polar surface area (TPSA) is 139 Å². The van der Waals surface area contributed by atoms with Crippen LogP contribution in [0.3, 0.4) is 0 Å². The first kappa shape index (κ1) is 82.2. The number of hydrogen-bond donors (Lipinski definition) is 0. The van der Waals surface area contributed by atoms with Crippen LogP contribution in [0.15, 0.2) is 105 Å². The second-order valence-electron chi connectivity index (χ2n) is 18.6. The molecule has 0 N–H and O–H groups in total. The molecular weight excluding hydrogens is 925 g/mol. The number of hydrogen-bond acceptors (Lipinski definition) is 11. The van der Waals surface area contributed by atoms with E-state index >= 15 is 0 Å². The highest BCUT2D eigenvalue weighted by molar-refractivity contribution is 7.05. The summed E-state index contributed by atoms with van der Waals surface area (Å²) in [4.78, 5) is 23.7. The molecule has 0 spiro atoms. The zero-order chi connectivity index (χ0) is 58.3. The number of nitrogens with zero attached hydrogens (tertiary/aromatic N) is 8. The first-order valence-electron chi connectivity index (χ1n) is 27.3. The van der Waals surface area contributed by atoms with Gasteiger partial charge >= 0.3 is 0 Å². The first-order valence-corrected chi connectivity index (χ1v) is 28.1. The van der Waals surface area contributed by atoms with Gasteiger partial charge in [-0.15, -0.1) is 5.10 Å². The summed E-state index contributed by atoms with van der Waals surface area (Å²) in [7, 11) is 1.72. The molecule has 11 nitrogen and oxygen atoms in total. The van der Waals surface area contributed by atoms with Crippen molar-refractivity contribution >= 4 is 11.5 Å². The lowest BCUT2D eigenvalue weighted by Gasteiger charge is -1.97. The molecule has 422 valence electrons. The van der Waals surface area contributed by atoms with Gasteiger partial charge in [-0.2, -0.15) is 9.97 Å². The highest BCUT2D eigenvalue weighted by Gasteiger charge is 2.24. The fourth-order valence-electron chi connectivity index (χ4n) is 3.83. The van der Waals surface area contributed by atoms with Gasteiger partial charge in [0.1, 0.15) is 0 Å². The lowest BCUT2D eigenvalue weighted by Crippen LogP contribution is -2.12. The Bertz CT molecular complexity index is 1780. The van der Waals surface area contributed by atoms with Crippen molar-refractivity contribution in [2.45, 2.75) is 224 Å². The summed E-state index contributed by atoms with van der Waals surface area (Å²) >= 11 is 1.47. The van der Waals surface area contributed by atoms with Crippen LogP contribution in [0.2, 0.25) is 0 Å². The minimum Gasteiger partial charge on any atom is -0.340 e. The maximum Gasteiger partial charge on any atom is 0.250 e. The molecule has 7 rings (SSSR count). The summed E-state index contributed by atoms with van der Waals surface area (Å²) in [6.07, 6.45) is 8.22. The van der Waals surface area contributed by atoms with Gasteiger partial charge in [-0.05, 0) is 91.9 Å². The number of aromatic nitrogens is 8. The smallest absolute Gasteiger partial charge is 0.250 e. The Morgan fingerprint density at radius 3 is 1.12 bits per heavy atom. The van der Waals surface area contributed by atoms with Crippen molar-refractivity contribution in [1.82, 2.24) is 39.4 Å². The van der Waals surface area contributed by atoms with Gasteiger partial charge in [0, 0.05) is 55.3 Å². The molecule has 1 saturated carbocycles. The van der Waals surface area contributed by atoms with E-state index in [1.165, 1.54) is 39.9 Å². The van der Waals surface area contributed by atoms with Gasteiger partial charge in [0.25, 0.3) is 0 Å². The van der Waals surface area contributed by atoms with E-state index in [1.807, 2.05) is 151 Å². The van der Waals surface area contributed by atoms with Crippen LogP contribution in [0, 0.1) is 50.4 Å². The molecule has 73 heavy (non-hydrogen) atoms. The largest absolute Gasteiger partial charge is 0.340 e. The van der Waals surface area contributed by atoms with Crippen LogP contribution < -0.4 is 5.56 Å². The third-order valence-electron chi connectivity index (χ3n) is 7.14. The van der Waals surface area contributed by atoms with E-state index in [9.17, 15) is 4.79 Å². The zero-order valence-electron chi connectivity index (χ0n) is 52.4. The predicted molar refractivity (Wildman–Crippen MR) is 322 cm³/mol. The molecule has 0 atom stereocenters. The molecule has 0 saturated heterocycles. The normalized spacial score (nSPS) is 9.92. The summed E-state index contributed by atoms with van der Waals surface area (Å²) in [5.74, 6) is 8.63. The first-order chi connectivity index (χ1) is 34.4. The molecule has 1 aliphatic rings. The quantitative estimate of drug-likeness (QED) is 0.168. The van der Waals surface area contributed by atoms with Crippen LogP contribution in [0.25, 0.3) is 0 Å². The van der Waals surface area contributed by atoms with Gasteiger partial charge in [-0.1, -0.05) is 236 Å². The third kappa shape index (κ3) is 67.2. The molecule has 0 unspecified atom stereocenters. The lowest BCUT2D eigenvalue weighted by atomic mass is 10.1. The van der Waals surface area contributed by atoms with Crippen LogP contribution in [0.4, 0.5) is 0 Å². The number of pyridine rings is 2. The molecule has 0 radical (unpaired) electrons. The van der Waals surface area contributed by atoms with Crippen LogP contribution in [0.1, 0.15) is 238 Å². The van der Waals surface area contributed by atoms with Crippen LogP contribution in [0.5, 0.6) is 0 Å². The Morgan fingerprint density at radius 2 is 0.973 bits per heavy atom. The molecule has 5 aromatic heterocycles. The Labute approximate surface area is 454 Å². The molecule has 6 aromatic rings. The van der Waals surface area contributed by atoms with Gasteiger partial charge in [0.15, 0.2) is 11.6 Å². The van der Waals surface area contributed by atoms with Gasteiger partial charge in [0.2, 0.25) is 17.3 Å². The van der Waals surface area contributed by atoms with Crippen molar-refractivity contribution in [2.24, 2.45) is 36.6 Å². The highest BCUT2D eigenvalue weighted by atomic mass is 32.1. The minimum atomic E-state index is 0.0347. The van der Waals surface area contributed by atoms with Gasteiger partial charge < -0.3 is 13.6 Å². The van der Waals surface area contributed by atoms with E-state index in [0.717, 1.165) is 41.1 Å². The van der Waals surface area contributed by atoms with Crippen molar-refractivity contribution in [2.75, 3.05) is 0 Å². The minimum absolute atomic E-state index is 0.0347. The monoisotopic (exact) mass is 1040 g/mol. The van der Waals surface area contributed by atoms with E-state index in [2.05, 4.69) is 132 Å². The standard InChI is InChI=1S/2C6H10N2O.C6H10N2S.C6H7NO.C6H12.C6H6.C5H5N.3C4H10.4C2H6/c1-4(2)6-7-5(3)9-8-6;1-4(2)6-7-5(3)8-9-6;1-4(2)6-5(3)9-8-7-6;1-7-5-3-2-4-6(7)8;1-5(2)6-3-4-6;2*1-2-4-6-5-3-1;3*1-4(2)3;4*1-2/h3*4H,1-3H3;2-5H,1H3;5-6H,3-4H2,1-2H3;1-6H;1-5H;3*4H,1-3H3;4*1-2H3. The number of rotatable bonds is 4. The van der Waals surface area contributed by atoms with Crippen molar-refractivity contribution in [1.29, 1.82) is 0 Å². The van der Waals surface area contributed by atoms with E-state index in [4.69, 9.17) is 9.05 Å². The van der Waals surface area contributed by atoms with Crippen LogP contribution >= 0.6 is 11.5 Å². The van der Waals surface area contributed by atoms with Gasteiger partial charge in [0.05, 0.1) is 5.69 Å². The van der Waals surface area contributed by atoms with E-state index in [-0.39, 0.29) is 5.56 Å². The summed E-state index contributed by atoms with van der Waals surface area (Å²) in [5.41, 5.74) is 1.17. The van der Waals surface area contributed by atoms with Crippen molar-refractivity contribution < 1.29 is 9.05 Å². The highest BCUT2D eigenvalue weighted by Crippen LogP contribution is 2.35. The molecule has 1 aliphatic carbocycles. The summed E-state index contributed by atoms with van der Waals surface area (Å²) in [6, 6.07) is 22.8. The Morgan fingerprint density at radius 1 is 0.548 bits per heavy atom. The van der Waals surface area contributed by atoms with Gasteiger partial charge in [-0.3, -0.25) is 9.78 Å². The molecule has 1 aromatic carbocycles. The van der Waals surface area contributed by atoms with Crippen LogP contribution in [-0.2, 0) is 7.05 Å². The third-order valence-corrected chi connectivity index (χ3v) is 7.78. The fourth-order valence-corrected chi connectivity index (χ4v) is 4.45. The maximum atomic E-state index is 10.6. The Balaban J connectivity index is -0.000000132. The number of aryl methyl sites for hydroxylation is 4. The average molecular weight is 1040 g/mol. The summed E-state index contributed by atoms with van der Waals surface area (Å²) in [6.45, 7) is 58.1. The van der Waals surface area contributed by atoms with E-state index < -0.39 is 0 Å². The van der Waals surface area contributed by atoms with Crippen LogP contribution in [-0.4, -0.2) is 39.4 Å². The Kier molecular flexibility index (Phi) is 67.2.